The van der Waals surface area contributed by atoms with E-state index in [-0.39, 0.29) is 17.8 Å². The van der Waals surface area contributed by atoms with Crippen molar-refractivity contribution in [2.75, 3.05) is 10.6 Å². The Kier molecular flexibility index (Phi) is 5.88. The zero-order valence-electron chi connectivity index (χ0n) is 15.8. The molecule has 0 fully saturated rings. The minimum atomic E-state index is -4.76. The number of benzene rings is 1. The summed E-state index contributed by atoms with van der Waals surface area (Å²) in [5.41, 5.74) is -0.441. The lowest BCUT2D eigenvalue weighted by Crippen LogP contribution is -2.22. The van der Waals surface area contributed by atoms with E-state index in [1.807, 2.05) is 0 Å². The Morgan fingerprint density at radius 1 is 1.20 bits per heavy atom. The first-order valence-electron chi connectivity index (χ1n) is 8.60. The Morgan fingerprint density at radius 2 is 1.93 bits per heavy atom. The number of hydrogen-bond donors (Lipinski definition) is 2. The Balaban J connectivity index is 1.80. The van der Waals surface area contributed by atoms with Crippen molar-refractivity contribution in [2.45, 2.75) is 26.6 Å². The van der Waals surface area contributed by atoms with Gasteiger partial charge in [-0.2, -0.15) is 18.3 Å². The fourth-order valence-corrected chi connectivity index (χ4v) is 2.85. The normalized spacial score (nSPS) is 11.4. The van der Waals surface area contributed by atoms with Gasteiger partial charge in [-0.1, -0.05) is 11.6 Å². The van der Waals surface area contributed by atoms with Gasteiger partial charge < -0.3 is 15.1 Å². The van der Waals surface area contributed by atoms with Crippen LogP contribution in [0.1, 0.15) is 27.3 Å². The number of aromatic nitrogens is 2. The summed E-state index contributed by atoms with van der Waals surface area (Å²) in [7, 11) is 0. The number of aryl methyl sites for hydroxylation is 1. The number of amides is 2. The molecule has 0 aliphatic carbocycles. The van der Waals surface area contributed by atoms with Crippen LogP contribution in [0.15, 0.2) is 41.2 Å². The van der Waals surface area contributed by atoms with Gasteiger partial charge >= 0.3 is 6.18 Å². The molecular formula is C19H16ClF3N4O3. The van der Waals surface area contributed by atoms with E-state index in [0.29, 0.717) is 16.4 Å². The summed E-state index contributed by atoms with van der Waals surface area (Å²) in [5, 5.41) is 9.06. The van der Waals surface area contributed by atoms with Crippen LogP contribution in [0.4, 0.5) is 24.5 Å². The van der Waals surface area contributed by atoms with Gasteiger partial charge in [0.05, 0.1) is 39.5 Å². The average Bonchev–Trinajstić information content (AvgIpc) is 3.28. The number of carbonyl (C=O) groups is 2. The second-order valence-corrected chi connectivity index (χ2v) is 6.79. The van der Waals surface area contributed by atoms with E-state index in [9.17, 15) is 22.8 Å². The lowest BCUT2D eigenvalue weighted by atomic mass is 10.1. The molecule has 1 aromatic carbocycles. The first-order chi connectivity index (χ1) is 14.1. The van der Waals surface area contributed by atoms with Crippen LogP contribution < -0.4 is 10.6 Å². The second-order valence-electron chi connectivity index (χ2n) is 6.41. The third kappa shape index (κ3) is 4.65. The Hall–Kier alpha value is -3.27. The fraction of sp³-hybridized carbons (Fsp3) is 0.211. The molecule has 0 saturated heterocycles. The lowest BCUT2D eigenvalue weighted by Gasteiger charge is -2.16. The molecule has 0 aliphatic heterocycles. The number of hydrogen-bond acceptors (Lipinski definition) is 4. The highest BCUT2D eigenvalue weighted by Crippen LogP contribution is 2.36. The topological polar surface area (TPSA) is 89.2 Å². The molecule has 2 heterocycles. The third-order valence-electron chi connectivity index (χ3n) is 4.23. The Labute approximate surface area is 173 Å². The molecule has 2 N–H and O–H groups in total. The van der Waals surface area contributed by atoms with Crippen molar-refractivity contribution in [2.24, 2.45) is 0 Å². The Bertz CT molecular complexity index is 1090. The van der Waals surface area contributed by atoms with Crippen LogP contribution in [0.5, 0.6) is 0 Å². The second kappa shape index (κ2) is 8.23. The van der Waals surface area contributed by atoms with E-state index >= 15 is 0 Å². The zero-order valence-corrected chi connectivity index (χ0v) is 16.6. The summed E-state index contributed by atoms with van der Waals surface area (Å²) in [4.78, 5) is 24.3. The first kappa shape index (κ1) is 21.4. The SMILES string of the molecule is Cc1nn(CC(=O)Nc2ccc(NC(=O)c3ccoc3)cc2C(F)(F)F)c(C)c1Cl. The highest BCUT2D eigenvalue weighted by Gasteiger charge is 2.34. The van der Waals surface area contributed by atoms with Gasteiger partial charge in [-0.25, -0.2) is 0 Å². The van der Waals surface area contributed by atoms with Gasteiger partial charge in [-0.3, -0.25) is 14.3 Å². The van der Waals surface area contributed by atoms with Gasteiger partial charge in [-0.05, 0) is 38.1 Å². The minimum Gasteiger partial charge on any atom is -0.472 e. The van der Waals surface area contributed by atoms with Crippen molar-refractivity contribution < 1.29 is 27.2 Å². The molecule has 0 unspecified atom stereocenters. The number of nitrogens with one attached hydrogen (secondary N) is 2. The standard InChI is InChI=1S/C19H16ClF3N4O3/c1-10-17(20)11(2)27(26-10)8-16(28)25-15-4-3-13(7-14(15)19(21,22)23)24-18(29)12-5-6-30-9-12/h3-7,9H,8H2,1-2H3,(H,24,29)(H,25,28). The molecule has 158 valence electrons. The van der Waals surface area contributed by atoms with Gasteiger partial charge in [0.25, 0.3) is 5.91 Å². The summed E-state index contributed by atoms with van der Waals surface area (Å²) < 4.78 is 46.7. The molecule has 0 bridgehead atoms. The van der Waals surface area contributed by atoms with E-state index in [0.717, 1.165) is 12.1 Å². The fourth-order valence-electron chi connectivity index (χ4n) is 2.72. The monoisotopic (exact) mass is 440 g/mol. The molecule has 3 aromatic rings. The van der Waals surface area contributed by atoms with E-state index in [1.54, 1.807) is 13.8 Å². The van der Waals surface area contributed by atoms with Crippen LogP contribution in [-0.2, 0) is 17.5 Å². The van der Waals surface area contributed by atoms with Crippen LogP contribution in [-0.4, -0.2) is 21.6 Å². The van der Waals surface area contributed by atoms with Crippen LogP contribution in [0.25, 0.3) is 0 Å². The van der Waals surface area contributed by atoms with Crippen LogP contribution >= 0.6 is 11.6 Å². The number of carbonyl (C=O) groups excluding carboxylic acids is 2. The van der Waals surface area contributed by atoms with Crippen molar-refractivity contribution in [3.8, 4) is 0 Å². The molecule has 0 spiro atoms. The molecule has 0 saturated carbocycles. The van der Waals surface area contributed by atoms with E-state index in [2.05, 4.69) is 15.7 Å². The number of anilines is 2. The highest BCUT2D eigenvalue weighted by atomic mass is 35.5. The quantitative estimate of drug-likeness (QED) is 0.604. The van der Waals surface area contributed by atoms with Crippen LogP contribution in [0.2, 0.25) is 5.02 Å². The van der Waals surface area contributed by atoms with Gasteiger partial charge in [-0.15, -0.1) is 0 Å². The maximum Gasteiger partial charge on any atom is 0.418 e. The first-order valence-corrected chi connectivity index (χ1v) is 8.98. The van der Waals surface area contributed by atoms with Gasteiger partial charge in [0.15, 0.2) is 0 Å². The van der Waals surface area contributed by atoms with Crippen molar-refractivity contribution in [1.29, 1.82) is 0 Å². The highest BCUT2D eigenvalue weighted by molar-refractivity contribution is 6.31. The molecule has 0 atom stereocenters. The van der Waals surface area contributed by atoms with Crippen LogP contribution in [0, 0.1) is 13.8 Å². The van der Waals surface area contributed by atoms with Crippen molar-refractivity contribution >= 4 is 34.8 Å². The maximum absolute atomic E-state index is 13.5. The molecule has 0 radical (unpaired) electrons. The summed E-state index contributed by atoms with van der Waals surface area (Å²) in [6.45, 7) is 2.99. The number of furan rings is 1. The van der Waals surface area contributed by atoms with E-state index in [4.69, 9.17) is 16.0 Å². The molecule has 2 amide bonds. The largest absolute Gasteiger partial charge is 0.472 e. The van der Waals surface area contributed by atoms with Gasteiger partial charge in [0.1, 0.15) is 12.8 Å². The minimum absolute atomic E-state index is 0.0862. The van der Waals surface area contributed by atoms with Crippen molar-refractivity contribution in [1.82, 2.24) is 9.78 Å². The molecular weight excluding hydrogens is 425 g/mol. The summed E-state index contributed by atoms with van der Waals surface area (Å²) in [5.74, 6) is -1.34. The average molecular weight is 441 g/mol. The van der Waals surface area contributed by atoms with Crippen molar-refractivity contribution in [3.63, 3.8) is 0 Å². The molecule has 30 heavy (non-hydrogen) atoms. The lowest BCUT2D eigenvalue weighted by molar-refractivity contribution is -0.136. The van der Waals surface area contributed by atoms with E-state index in [1.165, 1.54) is 29.3 Å². The van der Waals surface area contributed by atoms with E-state index < -0.39 is 29.2 Å². The zero-order chi connectivity index (χ0) is 22.1. The summed E-state index contributed by atoms with van der Waals surface area (Å²) in [6.07, 6.45) is -2.33. The molecule has 0 aliphatic rings. The number of nitrogens with zero attached hydrogens (tertiary/aromatic N) is 2. The third-order valence-corrected chi connectivity index (χ3v) is 4.77. The predicted octanol–water partition coefficient (Wildman–Crippen LogP) is 4.66. The molecule has 7 nitrogen and oxygen atoms in total. The number of alkyl halides is 3. The summed E-state index contributed by atoms with van der Waals surface area (Å²) >= 11 is 6.02. The van der Waals surface area contributed by atoms with Crippen molar-refractivity contribution in [3.05, 3.63) is 64.3 Å². The molecule has 11 heteroatoms. The van der Waals surface area contributed by atoms with Gasteiger partial charge in [0.2, 0.25) is 5.91 Å². The van der Waals surface area contributed by atoms with Crippen LogP contribution in [0.3, 0.4) is 0 Å². The smallest absolute Gasteiger partial charge is 0.418 e. The Morgan fingerprint density at radius 3 is 2.50 bits per heavy atom. The molecule has 3 rings (SSSR count). The predicted molar refractivity (Wildman–Crippen MR) is 103 cm³/mol. The maximum atomic E-state index is 13.5. The molecule has 2 aromatic heterocycles. The number of halogens is 4. The van der Waals surface area contributed by atoms with Gasteiger partial charge in [0, 0.05) is 5.69 Å². The summed E-state index contributed by atoms with van der Waals surface area (Å²) in [6, 6.07) is 4.44. The number of rotatable bonds is 5.